The number of nitriles is 1. The molecule has 2 aromatic rings. The van der Waals surface area contributed by atoms with E-state index in [4.69, 9.17) is 15.4 Å². The summed E-state index contributed by atoms with van der Waals surface area (Å²) in [6, 6.07) is 3.39. The van der Waals surface area contributed by atoms with Gasteiger partial charge in [-0.15, -0.1) is 0 Å². The molecule has 0 aliphatic heterocycles. The van der Waals surface area contributed by atoms with E-state index in [1.807, 2.05) is 6.07 Å². The van der Waals surface area contributed by atoms with Crippen molar-refractivity contribution in [2.45, 2.75) is 0 Å². The Labute approximate surface area is 87.0 Å². The normalized spacial score (nSPS) is 10.4. The second-order valence-corrected chi connectivity index (χ2v) is 3.48. The van der Waals surface area contributed by atoms with Gasteiger partial charge in [0.1, 0.15) is 11.6 Å². The van der Waals surface area contributed by atoms with Crippen molar-refractivity contribution in [3.8, 4) is 6.07 Å². The van der Waals surface area contributed by atoms with E-state index in [1.165, 1.54) is 6.26 Å². The Morgan fingerprint density at radius 1 is 1.57 bits per heavy atom. The molecule has 2 rings (SSSR count). The molecule has 0 aliphatic carbocycles. The molecule has 0 unspecified atom stereocenters. The van der Waals surface area contributed by atoms with Gasteiger partial charge < -0.3 is 10.2 Å². The molecule has 0 saturated carbocycles. The molecule has 0 spiro atoms. The van der Waals surface area contributed by atoms with Crippen LogP contribution in [0.15, 0.2) is 21.2 Å². The van der Waals surface area contributed by atoms with Gasteiger partial charge in [-0.1, -0.05) is 0 Å². The number of nitrogens with zero attached hydrogens (tertiary/aromatic N) is 1. The maximum atomic E-state index is 13.4. The van der Waals surface area contributed by atoms with Gasteiger partial charge in [0.25, 0.3) is 0 Å². The molecule has 0 fully saturated rings. The number of rotatable bonds is 0. The number of anilines is 1. The second kappa shape index (κ2) is 3.00. The lowest BCUT2D eigenvalue weighted by Crippen LogP contribution is -1.96. The number of nitrogen functional groups attached to an aromatic ring is 1. The van der Waals surface area contributed by atoms with Crippen LogP contribution >= 0.6 is 15.9 Å². The summed E-state index contributed by atoms with van der Waals surface area (Å²) in [7, 11) is 0. The standard InChI is InChI=1S/C9H4BrFN2O/c10-6-4-1-2-14-9(4)5(3-12)8(13)7(6)11/h1-2H,13H2. The monoisotopic (exact) mass is 254 g/mol. The van der Waals surface area contributed by atoms with E-state index in [2.05, 4.69) is 15.9 Å². The smallest absolute Gasteiger partial charge is 0.162 e. The van der Waals surface area contributed by atoms with Crippen molar-refractivity contribution < 1.29 is 8.81 Å². The molecule has 0 amide bonds. The van der Waals surface area contributed by atoms with Crippen molar-refractivity contribution in [2.75, 3.05) is 5.73 Å². The summed E-state index contributed by atoms with van der Waals surface area (Å²) in [6.07, 6.45) is 1.38. The summed E-state index contributed by atoms with van der Waals surface area (Å²) in [5, 5.41) is 9.29. The highest BCUT2D eigenvalue weighted by Crippen LogP contribution is 2.34. The summed E-state index contributed by atoms with van der Waals surface area (Å²) >= 11 is 3.05. The predicted octanol–water partition coefficient (Wildman–Crippen LogP) is 2.79. The quantitative estimate of drug-likeness (QED) is 0.736. The highest BCUT2D eigenvalue weighted by Gasteiger charge is 2.17. The zero-order chi connectivity index (χ0) is 10.3. The fourth-order valence-corrected chi connectivity index (χ4v) is 1.78. The molecule has 2 N–H and O–H groups in total. The van der Waals surface area contributed by atoms with Crippen LogP contribution in [-0.4, -0.2) is 0 Å². The third kappa shape index (κ3) is 1.01. The van der Waals surface area contributed by atoms with Gasteiger partial charge in [-0.2, -0.15) is 5.26 Å². The SMILES string of the molecule is N#Cc1c(N)c(F)c(Br)c2ccoc12. The van der Waals surface area contributed by atoms with Gasteiger partial charge >= 0.3 is 0 Å². The summed E-state index contributed by atoms with van der Waals surface area (Å²) in [5.41, 5.74) is 5.58. The van der Waals surface area contributed by atoms with Crippen molar-refractivity contribution in [3.63, 3.8) is 0 Å². The van der Waals surface area contributed by atoms with Crippen molar-refractivity contribution in [1.82, 2.24) is 0 Å². The first kappa shape index (κ1) is 9.03. The Hall–Kier alpha value is -1.54. The summed E-state index contributed by atoms with van der Waals surface area (Å²) < 4.78 is 18.7. The van der Waals surface area contributed by atoms with E-state index < -0.39 is 5.82 Å². The molecule has 0 aliphatic rings. The van der Waals surface area contributed by atoms with E-state index >= 15 is 0 Å². The zero-order valence-electron chi connectivity index (χ0n) is 6.84. The van der Waals surface area contributed by atoms with Gasteiger partial charge in [0.2, 0.25) is 0 Å². The number of furan rings is 1. The fourth-order valence-electron chi connectivity index (χ4n) is 1.26. The van der Waals surface area contributed by atoms with E-state index in [0.29, 0.717) is 11.0 Å². The molecule has 1 aromatic heterocycles. The first-order valence-corrected chi connectivity index (χ1v) is 4.50. The van der Waals surface area contributed by atoms with Gasteiger partial charge in [-0.3, -0.25) is 0 Å². The molecule has 14 heavy (non-hydrogen) atoms. The molecule has 0 bridgehead atoms. The number of fused-ring (bicyclic) bond motifs is 1. The van der Waals surface area contributed by atoms with Crippen molar-refractivity contribution >= 4 is 32.6 Å². The highest BCUT2D eigenvalue weighted by atomic mass is 79.9. The van der Waals surface area contributed by atoms with Crippen LogP contribution in [0.1, 0.15) is 5.56 Å². The average molecular weight is 255 g/mol. The number of nitrogens with two attached hydrogens (primary N) is 1. The zero-order valence-corrected chi connectivity index (χ0v) is 8.43. The van der Waals surface area contributed by atoms with Crippen LogP contribution in [0.3, 0.4) is 0 Å². The topological polar surface area (TPSA) is 63.0 Å². The summed E-state index contributed by atoms with van der Waals surface area (Å²) in [5.74, 6) is -0.629. The van der Waals surface area contributed by atoms with Crippen LogP contribution < -0.4 is 5.73 Å². The molecule has 70 valence electrons. The number of halogens is 2. The minimum atomic E-state index is -0.629. The van der Waals surface area contributed by atoms with Crippen LogP contribution in [0.5, 0.6) is 0 Å². The third-order valence-corrected chi connectivity index (χ3v) is 2.71. The van der Waals surface area contributed by atoms with Crippen LogP contribution in [0, 0.1) is 17.1 Å². The van der Waals surface area contributed by atoms with E-state index in [1.54, 1.807) is 6.07 Å². The number of hydrogen-bond acceptors (Lipinski definition) is 3. The minimum Gasteiger partial charge on any atom is -0.463 e. The second-order valence-electron chi connectivity index (χ2n) is 2.69. The first-order chi connectivity index (χ1) is 6.66. The number of hydrogen-bond donors (Lipinski definition) is 1. The summed E-state index contributed by atoms with van der Waals surface area (Å²) in [6.45, 7) is 0. The molecule has 1 heterocycles. The third-order valence-electron chi connectivity index (χ3n) is 1.94. The van der Waals surface area contributed by atoms with Gasteiger partial charge in [-0.05, 0) is 22.0 Å². The van der Waals surface area contributed by atoms with Gasteiger partial charge in [0.05, 0.1) is 16.4 Å². The Kier molecular flexibility index (Phi) is 1.93. The molecular weight excluding hydrogens is 251 g/mol. The molecule has 0 saturated heterocycles. The predicted molar refractivity (Wildman–Crippen MR) is 53.0 cm³/mol. The van der Waals surface area contributed by atoms with Crippen LogP contribution in [0.4, 0.5) is 10.1 Å². The van der Waals surface area contributed by atoms with Gasteiger partial charge in [-0.25, -0.2) is 4.39 Å². The number of benzene rings is 1. The van der Waals surface area contributed by atoms with Gasteiger partial charge in [0.15, 0.2) is 11.4 Å². The van der Waals surface area contributed by atoms with E-state index in [0.717, 1.165) is 0 Å². The maximum Gasteiger partial charge on any atom is 0.162 e. The Bertz CT molecular complexity index is 556. The Balaban J connectivity index is 3.05. The molecule has 1 aromatic carbocycles. The maximum absolute atomic E-state index is 13.4. The first-order valence-electron chi connectivity index (χ1n) is 3.70. The highest BCUT2D eigenvalue weighted by molar-refractivity contribution is 9.10. The lowest BCUT2D eigenvalue weighted by Gasteiger charge is -2.02. The molecule has 5 heteroatoms. The average Bonchev–Trinajstić information content (AvgIpc) is 2.64. The Morgan fingerprint density at radius 3 is 2.93 bits per heavy atom. The Morgan fingerprint density at radius 2 is 2.29 bits per heavy atom. The fraction of sp³-hybridized carbons (Fsp3) is 0. The van der Waals surface area contributed by atoms with Crippen molar-refractivity contribution in [3.05, 3.63) is 28.2 Å². The minimum absolute atomic E-state index is 0.0331. The lowest BCUT2D eigenvalue weighted by molar-refractivity contribution is 0.608. The summed E-state index contributed by atoms with van der Waals surface area (Å²) in [4.78, 5) is 0. The van der Waals surface area contributed by atoms with Crippen molar-refractivity contribution in [2.24, 2.45) is 0 Å². The molecule has 3 nitrogen and oxygen atoms in total. The van der Waals surface area contributed by atoms with E-state index in [9.17, 15) is 4.39 Å². The van der Waals surface area contributed by atoms with Gasteiger partial charge in [0, 0.05) is 5.39 Å². The molecular formula is C9H4BrFN2O. The van der Waals surface area contributed by atoms with Crippen LogP contribution in [-0.2, 0) is 0 Å². The largest absolute Gasteiger partial charge is 0.463 e. The van der Waals surface area contributed by atoms with Crippen LogP contribution in [0.2, 0.25) is 0 Å². The van der Waals surface area contributed by atoms with Crippen LogP contribution in [0.25, 0.3) is 11.0 Å². The lowest BCUT2D eigenvalue weighted by atomic mass is 10.1. The van der Waals surface area contributed by atoms with Crippen molar-refractivity contribution in [1.29, 1.82) is 5.26 Å². The molecule has 0 radical (unpaired) electrons. The molecule has 0 atom stereocenters. The van der Waals surface area contributed by atoms with E-state index in [-0.39, 0.29) is 15.7 Å².